The van der Waals surface area contributed by atoms with E-state index in [0.717, 1.165) is 5.56 Å². The van der Waals surface area contributed by atoms with Gasteiger partial charge in [0, 0.05) is 18.1 Å². The van der Waals surface area contributed by atoms with E-state index in [1.807, 2.05) is 30.3 Å². The SMILES string of the molecule is COc1ccc(NC(=O)C(Sc2ncccn2)c2ccccc2)cc1Cl. The summed E-state index contributed by atoms with van der Waals surface area (Å²) in [5, 5.41) is 3.36. The van der Waals surface area contributed by atoms with E-state index >= 15 is 0 Å². The topological polar surface area (TPSA) is 64.1 Å². The van der Waals surface area contributed by atoms with Gasteiger partial charge in [0.05, 0.1) is 12.1 Å². The Morgan fingerprint density at radius 2 is 1.85 bits per heavy atom. The lowest BCUT2D eigenvalue weighted by atomic mass is 10.1. The Labute approximate surface area is 160 Å². The Morgan fingerprint density at radius 3 is 2.50 bits per heavy atom. The Morgan fingerprint density at radius 1 is 1.12 bits per heavy atom. The number of amides is 1. The number of rotatable bonds is 6. The third-order valence-corrected chi connectivity index (χ3v) is 4.96. The van der Waals surface area contributed by atoms with Crippen molar-refractivity contribution in [2.75, 3.05) is 12.4 Å². The van der Waals surface area contributed by atoms with Gasteiger partial charge in [0.25, 0.3) is 0 Å². The molecule has 0 aliphatic carbocycles. The monoisotopic (exact) mass is 385 g/mol. The summed E-state index contributed by atoms with van der Waals surface area (Å²) >= 11 is 7.43. The number of halogens is 1. The molecule has 0 aliphatic heterocycles. The standard InChI is InChI=1S/C19H16ClN3O2S/c1-25-16-9-8-14(12-15(16)20)23-18(24)17(13-6-3-2-4-7-13)26-19-21-10-5-11-22-19/h2-12,17H,1H3,(H,23,24). The van der Waals surface area contributed by atoms with Crippen molar-refractivity contribution in [2.45, 2.75) is 10.4 Å². The average Bonchev–Trinajstić information content (AvgIpc) is 2.68. The lowest BCUT2D eigenvalue weighted by Gasteiger charge is -2.16. The van der Waals surface area contributed by atoms with Gasteiger partial charge in [-0.25, -0.2) is 9.97 Å². The largest absolute Gasteiger partial charge is 0.495 e. The van der Waals surface area contributed by atoms with Crippen LogP contribution in [0, 0.1) is 0 Å². The first-order chi connectivity index (χ1) is 12.7. The highest BCUT2D eigenvalue weighted by Crippen LogP contribution is 2.35. The fourth-order valence-electron chi connectivity index (χ4n) is 2.30. The molecule has 0 fully saturated rings. The van der Waals surface area contributed by atoms with E-state index in [1.165, 1.54) is 11.8 Å². The van der Waals surface area contributed by atoms with Crippen LogP contribution in [0.5, 0.6) is 5.75 Å². The van der Waals surface area contributed by atoms with Crippen molar-refractivity contribution in [3.63, 3.8) is 0 Å². The number of nitrogens with one attached hydrogen (secondary N) is 1. The van der Waals surface area contributed by atoms with Gasteiger partial charge in [-0.3, -0.25) is 4.79 Å². The second-order valence-corrected chi connectivity index (χ2v) is 6.76. The second-order valence-electron chi connectivity index (χ2n) is 5.28. The zero-order chi connectivity index (χ0) is 18.4. The van der Waals surface area contributed by atoms with Crippen LogP contribution in [0.25, 0.3) is 0 Å². The van der Waals surface area contributed by atoms with Gasteiger partial charge in [-0.2, -0.15) is 0 Å². The summed E-state index contributed by atoms with van der Waals surface area (Å²) in [5.74, 6) is 0.367. The Bertz CT molecular complexity index is 878. The van der Waals surface area contributed by atoms with E-state index in [1.54, 1.807) is 43.8 Å². The van der Waals surface area contributed by atoms with Gasteiger partial charge in [0.2, 0.25) is 5.91 Å². The van der Waals surface area contributed by atoms with Gasteiger partial charge in [-0.15, -0.1) is 0 Å². The van der Waals surface area contributed by atoms with Gasteiger partial charge in [-0.1, -0.05) is 53.7 Å². The Hall–Kier alpha value is -2.57. The number of hydrogen-bond donors (Lipinski definition) is 1. The van der Waals surface area contributed by atoms with E-state index in [2.05, 4.69) is 15.3 Å². The Kier molecular flexibility index (Phi) is 6.09. The molecule has 0 aliphatic rings. The zero-order valence-corrected chi connectivity index (χ0v) is 15.5. The van der Waals surface area contributed by atoms with Crippen LogP contribution in [-0.4, -0.2) is 23.0 Å². The van der Waals surface area contributed by atoms with Crippen molar-refractivity contribution in [3.8, 4) is 5.75 Å². The lowest BCUT2D eigenvalue weighted by Crippen LogP contribution is -2.19. The van der Waals surface area contributed by atoms with Gasteiger partial charge < -0.3 is 10.1 Å². The highest BCUT2D eigenvalue weighted by molar-refractivity contribution is 8.00. The van der Waals surface area contributed by atoms with Gasteiger partial charge in [0.15, 0.2) is 5.16 Å². The van der Waals surface area contributed by atoms with E-state index in [-0.39, 0.29) is 5.91 Å². The van der Waals surface area contributed by atoms with Crippen LogP contribution < -0.4 is 10.1 Å². The molecular weight excluding hydrogens is 370 g/mol. The molecule has 0 saturated carbocycles. The second kappa shape index (κ2) is 8.69. The summed E-state index contributed by atoms with van der Waals surface area (Å²) in [7, 11) is 1.54. The summed E-state index contributed by atoms with van der Waals surface area (Å²) in [6.45, 7) is 0. The van der Waals surface area contributed by atoms with Crippen molar-refractivity contribution in [1.29, 1.82) is 0 Å². The first-order valence-corrected chi connectivity index (χ1v) is 9.06. The lowest BCUT2D eigenvalue weighted by molar-refractivity contribution is -0.115. The molecule has 1 aromatic heterocycles. The highest BCUT2D eigenvalue weighted by Gasteiger charge is 2.23. The van der Waals surface area contributed by atoms with Crippen LogP contribution in [0.1, 0.15) is 10.8 Å². The fourth-order valence-corrected chi connectivity index (χ4v) is 3.48. The maximum absolute atomic E-state index is 12.9. The van der Waals surface area contributed by atoms with Crippen LogP contribution in [0.2, 0.25) is 5.02 Å². The van der Waals surface area contributed by atoms with Gasteiger partial charge in [0.1, 0.15) is 11.0 Å². The summed E-state index contributed by atoms with van der Waals surface area (Å²) in [4.78, 5) is 21.3. The zero-order valence-electron chi connectivity index (χ0n) is 13.9. The number of ether oxygens (including phenoxy) is 1. The molecule has 1 N–H and O–H groups in total. The van der Waals surface area contributed by atoms with Crippen molar-refractivity contribution >= 4 is 35.0 Å². The number of methoxy groups -OCH3 is 1. The number of carbonyl (C=O) groups excluding carboxylic acids is 1. The van der Waals surface area contributed by atoms with Gasteiger partial charge in [-0.05, 0) is 29.8 Å². The predicted octanol–water partition coefficient (Wildman–Crippen LogP) is 4.61. The van der Waals surface area contributed by atoms with Crippen molar-refractivity contribution in [1.82, 2.24) is 9.97 Å². The predicted molar refractivity (Wildman–Crippen MR) is 104 cm³/mol. The third kappa shape index (κ3) is 4.53. The number of anilines is 1. The minimum Gasteiger partial charge on any atom is -0.495 e. The molecule has 3 rings (SSSR count). The van der Waals surface area contributed by atoms with Crippen molar-refractivity contribution < 1.29 is 9.53 Å². The third-order valence-electron chi connectivity index (χ3n) is 3.53. The van der Waals surface area contributed by atoms with E-state index in [9.17, 15) is 4.79 Å². The molecule has 26 heavy (non-hydrogen) atoms. The van der Waals surface area contributed by atoms with E-state index < -0.39 is 5.25 Å². The summed E-state index contributed by atoms with van der Waals surface area (Å²) in [6.07, 6.45) is 3.30. The maximum Gasteiger partial charge on any atom is 0.242 e. The maximum atomic E-state index is 12.9. The number of benzene rings is 2. The molecule has 7 heteroatoms. The minimum absolute atomic E-state index is 0.185. The fraction of sp³-hybridized carbons (Fsp3) is 0.105. The van der Waals surface area contributed by atoms with Crippen LogP contribution in [0.3, 0.4) is 0 Å². The molecule has 0 bridgehead atoms. The van der Waals surface area contributed by atoms with E-state index in [4.69, 9.17) is 16.3 Å². The van der Waals surface area contributed by atoms with Crippen LogP contribution in [0.15, 0.2) is 72.1 Å². The average molecular weight is 386 g/mol. The van der Waals surface area contributed by atoms with Crippen LogP contribution in [0.4, 0.5) is 5.69 Å². The van der Waals surface area contributed by atoms with E-state index in [0.29, 0.717) is 21.6 Å². The molecule has 2 aromatic carbocycles. The smallest absolute Gasteiger partial charge is 0.242 e. The molecule has 1 amide bonds. The number of nitrogens with zero attached hydrogens (tertiary/aromatic N) is 2. The highest BCUT2D eigenvalue weighted by atomic mass is 35.5. The molecule has 132 valence electrons. The Balaban J connectivity index is 1.84. The number of carbonyl (C=O) groups is 1. The first kappa shape index (κ1) is 18.2. The molecule has 5 nitrogen and oxygen atoms in total. The molecule has 0 saturated heterocycles. The quantitative estimate of drug-likeness (QED) is 0.495. The number of hydrogen-bond acceptors (Lipinski definition) is 5. The first-order valence-electron chi connectivity index (χ1n) is 7.80. The normalized spacial score (nSPS) is 11.6. The van der Waals surface area contributed by atoms with Gasteiger partial charge >= 0.3 is 0 Å². The van der Waals surface area contributed by atoms with Crippen molar-refractivity contribution in [2.24, 2.45) is 0 Å². The van der Waals surface area contributed by atoms with Crippen LogP contribution in [-0.2, 0) is 4.79 Å². The molecule has 0 spiro atoms. The number of thioether (sulfide) groups is 1. The summed E-state index contributed by atoms with van der Waals surface area (Å²) in [5.41, 5.74) is 1.46. The summed E-state index contributed by atoms with van der Waals surface area (Å²) < 4.78 is 5.14. The summed E-state index contributed by atoms with van der Waals surface area (Å²) in [6, 6.07) is 16.4. The molecule has 1 atom stereocenters. The number of aromatic nitrogens is 2. The van der Waals surface area contributed by atoms with Crippen LogP contribution >= 0.6 is 23.4 Å². The van der Waals surface area contributed by atoms with Crippen molar-refractivity contribution in [3.05, 3.63) is 77.6 Å². The molecule has 1 heterocycles. The molecular formula is C19H16ClN3O2S. The molecule has 3 aromatic rings. The molecule has 0 radical (unpaired) electrons. The minimum atomic E-state index is -0.500. The molecule has 1 unspecified atom stereocenters.